The number of benzene rings is 2. The summed E-state index contributed by atoms with van der Waals surface area (Å²) in [5.74, 6) is 0.549. The molecule has 10 nitrogen and oxygen atoms in total. The lowest BCUT2D eigenvalue weighted by Crippen LogP contribution is -2.36. The lowest BCUT2D eigenvalue weighted by Gasteiger charge is -2.29. The van der Waals surface area contributed by atoms with Crippen LogP contribution >= 0.6 is 11.3 Å². The Balaban J connectivity index is 1.36. The smallest absolute Gasteiger partial charge is 0.271 e. The number of ether oxygens (including phenoxy) is 2. The number of nitrogens with zero attached hydrogens (tertiary/aromatic N) is 4. The van der Waals surface area contributed by atoms with Crippen molar-refractivity contribution < 1.29 is 17.9 Å². The normalized spacial score (nSPS) is 14.0. The third-order valence-electron chi connectivity index (χ3n) is 6.55. The van der Waals surface area contributed by atoms with E-state index in [0.717, 1.165) is 65.6 Å². The van der Waals surface area contributed by atoms with Gasteiger partial charge in [-0.15, -0.1) is 11.3 Å². The fourth-order valence-electron chi connectivity index (χ4n) is 4.64. The van der Waals surface area contributed by atoms with Crippen molar-refractivity contribution >= 4 is 49.7 Å². The van der Waals surface area contributed by atoms with E-state index in [1.165, 1.54) is 7.11 Å². The zero-order chi connectivity index (χ0) is 27.0. The molecule has 200 valence electrons. The molecule has 0 amide bonds. The number of fused-ring (bicyclic) bond motifs is 1. The monoisotopic (exact) mass is 562 g/mol. The van der Waals surface area contributed by atoms with E-state index in [-0.39, 0.29) is 15.8 Å². The Morgan fingerprint density at radius 3 is 2.51 bits per heavy atom. The first-order chi connectivity index (χ1) is 18.9. The Hall–Kier alpha value is -4.13. The van der Waals surface area contributed by atoms with Crippen LogP contribution in [0, 0.1) is 0 Å². The number of morpholine rings is 1. The van der Waals surface area contributed by atoms with Crippen LogP contribution < -0.4 is 20.1 Å². The zero-order valence-corrected chi connectivity index (χ0v) is 22.7. The maximum atomic E-state index is 12.9. The first-order valence-electron chi connectivity index (χ1n) is 12.2. The third-order valence-corrected chi connectivity index (χ3v) is 9.31. The van der Waals surface area contributed by atoms with Crippen LogP contribution in [0.4, 0.5) is 17.3 Å². The molecule has 0 atom stereocenters. The first-order valence-corrected chi connectivity index (χ1v) is 14.6. The predicted octanol–water partition coefficient (Wildman–Crippen LogP) is 4.38. The van der Waals surface area contributed by atoms with Crippen LogP contribution in [0.5, 0.6) is 5.88 Å². The molecule has 0 aliphatic carbocycles. The number of nitrogens with two attached hydrogens (primary N) is 1. The minimum Gasteiger partial charge on any atom is -0.480 e. The molecule has 4 heterocycles. The number of sulfonamides is 1. The number of nitrogen functional groups attached to an aromatic ring is 1. The quantitative estimate of drug-likeness (QED) is 0.300. The highest BCUT2D eigenvalue weighted by molar-refractivity contribution is 7.94. The number of hydrogen-bond donors (Lipinski definition) is 2. The molecule has 3 N–H and O–H groups in total. The molecule has 0 bridgehead atoms. The van der Waals surface area contributed by atoms with Gasteiger partial charge < -0.3 is 20.1 Å². The molecule has 0 saturated carbocycles. The van der Waals surface area contributed by atoms with Crippen molar-refractivity contribution in [2.45, 2.75) is 4.21 Å². The van der Waals surface area contributed by atoms with Crippen molar-refractivity contribution in [3.8, 4) is 22.7 Å². The maximum absolute atomic E-state index is 12.9. The maximum Gasteiger partial charge on any atom is 0.271 e. The van der Waals surface area contributed by atoms with Gasteiger partial charge >= 0.3 is 0 Å². The zero-order valence-electron chi connectivity index (χ0n) is 21.1. The molecule has 3 aromatic heterocycles. The van der Waals surface area contributed by atoms with E-state index < -0.39 is 10.0 Å². The van der Waals surface area contributed by atoms with Crippen LogP contribution in [0.25, 0.3) is 27.8 Å². The first kappa shape index (κ1) is 25.2. The van der Waals surface area contributed by atoms with Crippen LogP contribution in [0.15, 0.2) is 76.4 Å². The highest BCUT2D eigenvalue weighted by Crippen LogP contribution is 2.33. The highest BCUT2D eigenvalue weighted by atomic mass is 32.2. The van der Waals surface area contributed by atoms with Crippen molar-refractivity contribution in [3.05, 3.63) is 72.2 Å². The standard InChI is InChI=1S/C27H26N6O4S2/c1-36-26-23(31-39(34,35)25-3-2-14-38-25)15-19(17-29-26)18-4-9-22-24(16-18)33(27(28)30-22)21-7-5-20(6-8-21)32-10-12-37-13-11-32/h2-9,14-17,31H,10-13H2,1H3,(H2,28,30). The van der Waals surface area contributed by atoms with Gasteiger partial charge in [0.2, 0.25) is 11.8 Å². The number of rotatable bonds is 7. The van der Waals surface area contributed by atoms with Gasteiger partial charge in [-0.3, -0.25) is 9.29 Å². The van der Waals surface area contributed by atoms with Crippen LogP contribution in [0.3, 0.4) is 0 Å². The third kappa shape index (κ3) is 4.89. The fraction of sp³-hybridized carbons (Fsp3) is 0.185. The largest absolute Gasteiger partial charge is 0.480 e. The molecular formula is C27H26N6O4S2. The molecule has 39 heavy (non-hydrogen) atoms. The molecule has 1 aliphatic rings. The summed E-state index contributed by atoms with van der Waals surface area (Å²) < 4.78 is 41.2. The molecule has 0 unspecified atom stereocenters. The SMILES string of the molecule is COc1ncc(-c2ccc3nc(N)n(-c4ccc(N5CCOCC5)cc4)c3c2)cc1NS(=O)(=O)c1cccs1. The van der Waals surface area contributed by atoms with Gasteiger partial charge in [0.1, 0.15) is 9.90 Å². The topological polar surface area (TPSA) is 125 Å². The molecule has 1 fully saturated rings. The summed E-state index contributed by atoms with van der Waals surface area (Å²) in [5, 5.41) is 1.71. The number of hydrogen-bond acceptors (Lipinski definition) is 9. The summed E-state index contributed by atoms with van der Waals surface area (Å²) in [7, 11) is -2.33. The Labute approximate surface area is 229 Å². The fourth-order valence-corrected chi connectivity index (χ4v) is 6.68. The van der Waals surface area contributed by atoms with E-state index in [1.54, 1.807) is 29.8 Å². The van der Waals surface area contributed by atoms with Gasteiger partial charge in [0.25, 0.3) is 10.0 Å². The van der Waals surface area contributed by atoms with Crippen LogP contribution in [-0.4, -0.2) is 56.4 Å². The Morgan fingerprint density at radius 1 is 1.03 bits per heavy atom. The molecular weight excluding hydrogens is 536 g/mol. The second kappa shape index (κ2) is 10.2. The van der Waals surface area contributed by atoms with Gasteiger partial charge in [-0.25, -0.2) is 18.4 Å². The average molecular weight is 563 g/mol. The summed E-state index contributed by atoms with van der Waals surface area (Å²) in [6.07, 6.45) is 1.64. The Bertz CT molecular complexity index is 1730. The second-order valence-electron chi connectivity index (χ2n) is 8.94. The van der Waals surface area contributed by atoms with Gasteiger partial charge in [0, 0.05) is 36.2 Å². The molecule has 5 aromatic rings. The van der Waals surface area contributed by atoms with E-state index in [4.69, 9.17) is 15.2 Å². The number of pyridine rings is 1. The second-order valence-corrected chi connectivity index (χ2v) is 11.8. The number of nitrogens with one attached hydrogen (secondary N) is 1. The molecule has 12 heteroatoms. The Kier molecular flexibility index (Phi) is 6.59. The molecule has 6 rings (SSSR count). The summed E-state index contributed by atoms with van der Waals surface area (Å²) in [6.45, 7) is 3.17. The number of aromatic nitrogens is 3. The van der Waals surface area contributed by atoms with E-state index >= 15 is 0 Å². The van der Waals surface area contributed by atoms with Gasteiger partial charge in [-0.1, -0.05) is 12.1 Å². The Morgan fingerprint density at radius 2 is 1.79 bits per heavy atom. The van der Waals surface area contributed by atoms with Crippen molar-refractivity contribution in [3.63, 3.8) is 0 Å². The lowest BCUT2D eigenvalue weighted by atomic mass is 10.1. The summed E-state index contributed by atoms with van der Waals surface area (Å²) in [5.41, 5.74) is 11.7. The van der Waals surface area contributed by atoms with E-state index in [1.807, 2.05) is 34.9 Å². The molecule has 0 radical (unpaired) electrons. The number of thiophene rings is 1. The number of imidazole rings is 1. The molecule has 1 saturated heterocycles. The number of methoxy groups -OCH3 is 1. The van der Waals surface area contributed by atoms with E-state index in [0.29, 0.717) is 11.5 Å². The minimum atomic E-state index is -3.78. The average Bonchev–Trinajstić information content (AvgIpc) is 3.62. The van der Waals surface area contributed by atoms with Crippen molar-refractivity contribution in [2.24, 2.45) is 0 Å². The van der Waals surface area contributed by atoms with Crippen molar-refractivity contribution in [2.75, 3.05) is 48.8 Å². The van der Waals surface area contributed by atoms with E-state index in [9.17, 15) is 8.42 Å². The molecule has 2 aromatic carbocycles. The van der Waals surface area contributed by atoms with Gasteiger partial charge in [0.05, 0.1) is 31.4 Å². The molecule has 1 aliphatic heterocycles. The van der Waals surface area contributed by atoms with Gasteiger partial charge in [-0.05, 0) is 59.5 Å². The summed E-state index contributed by atoms with van der Waals surface area (Å²) >= 11 is 1.13. The highest BCUT2D eigenvalue weighted by Gasteiger charge is 2.20. The van der Waals surface area contributed by atoms with Crippen molar-refractivity contribution in [1.29, 1.82) is 0 Å². The lowest BCUT2D eigenvalue weighted by molar-refractivity contribution is 0.122. The summed E-state index contributed by atoms with van der Waals surface area (Å²) in [6, 6.07) is 18.9. The molecule has 0 spiro atoms. The van der Waals surface area contributed by atoms with Crippen LogP contribution in [-0.2, 0) is 14.8 Å². The van der Waals surface area contributed by atoms with Gasteiger partial charge in [0.15, 0.2) is 0 Å². The van der Waals surface area contributed by atoms with Crippen LogP contribution in [0.2, 0.25) is 0 Å². The van der Waals surface area contributed by atoms with Crippen LogP contribution in [0.1, 0.15) is 0 Å². The summed E-state index contributed by atoms with van der Waals surface area (Å²) in [4.78, 5) is 11.2. The van der Waals surface area contributed by atoms with Gasteiger partial charge in [-0.2, -0.15) is 0 Å². The van der Waals surface area contributed by atoms with E-state index in [2.05, 4.69) is 31.7 Å². The number of anilines is 3. The van der Waals surface area contributed by atoms with Crippen molar-refractivity contribution in [1.82, 2.24) is 14.5 Å². The minimum absolute atomic E-state index is 0.176. The predicted molar refractivity (Wildman–Crippen MR) is 153 cm³/mol.